The zero-order valence-corrected chi connectivity index (χ0v) is 19.5. The second-order valence-corrected chi connectivity index (χ2v) is 10.2. The number of halogens is 2. The van der Waals surface area contributed by atoms with Gasteiger partial charge in [0.1, 0.15) is 6.54 Å². The largest absolute Gasteiger partial charge is 0.368 e. The third-order valence-electron chi connectivity index (χ3n) is 4.91. The predicted molar refractivity (Wildman–Crippen MR) is 121 cm³/mol. The molecule has 29 heavy (non-hydrogen) atoms. The summed E-state index contributed by atoms with van der Waals surface area (Å²) in [6, 6.07) is 12.9. The molecule has 156 valence electrons. The van der Waals surface area contributed by atoms with Gasteiger partial charge in [-0.2, -0.15) is 0 Å². The van der Waals surface area contributed by atoms with Crippen LogP contribution in [0.4, 0.5) is 11.4 Å². The molecule has 0 aliphatic carbocycles. The Morgan fingerprint density at radius 1 is 1.14 bits per heavy atom. The smallest absolute Gasteiger partial charge is 0.243 e. The third kappa shape index (κ3) is 5.43. The third-order valence-corrected chi connectivity index (χ3v) is 7.18. The Bertz CT molecular complexity index is 1010. The van der Waals surface area contributed by atoms with Crippen molar-refractivity contribution in [2.24, 2.45) is 0 Å². The van der Waals surface area contributed by atoms with Crippen LogP contribution in [0.1, 0.15) is 5.56 Å². The Kier molecular flexibility index (Phi) is 6.76. The molecule has 3 rings (SSSR count). The molecule has 6 nitrogen and oxygen atoms in total. The van der Waals surface area contributed by atoms with E-state index in [-0.39, 0.29) is 12.5 Å². The Hall–Kier alpha value is -1.77. The highest BCUT2D eigenvalue weighted by Crippen LogP contribution is 2.25. The lowest BCUT2D eigenvalue weighted by Gasteiger charge is -2.37. The molecule has 0 bridgehead atoms. The normalized spacial score (nSPS) is 14.8. The molecule has 0 aromatic heterocycles. The molecular weight excluding hydrogens is 478 g/mol. The molecule has 2 aromatic rings. The lowest BCUT2D eigenvalue weighted by molar-refractivity contribution is -0.129. The van der Waals surface area contributed by atoms with Crippen LogP contribution in [0, 0.1) is 6.92 Å². The van der Waals surface area contributed by atoms with E-state index in [2.05, 4.69) is 20.8 Å². The summed E-state index contributed by atoms with van der Waals surface area (Å²) in [5.41, 5.74) is 2.41. The van der Waals surface area contributed by atoms with E-state index in [0.29, 0.717) is 36.9 Å². The molecule has 0 saturated carbocycles. The fourth-order valence-corrected chi connectivity index (χ4v) is 4.57. The van der Waals surface area contributed by atoms with Crippen molar-refractivity contribution in [2.75, 3.05) is 48.2 Å². The van der Waals surface area contributed by atoms with Gasteiger partial charge >= 0.3 is 0 Å². The molecule has 9 heteroatoms. The van der Waals surface area contributed by atoms with Crippen molar-refractivity contribution in [3.8, 4) is 0 Å². The number of sulfonamides is 1. The highest BCUT2D eigenvalue weighted by Gasteiger charge is 2.27. The molecule has 0 spiro atoms. The van der Waals surface area contributed by atoms with Crippen molar-refractivity contribution >= 4 is 54.8 Å². The summed E-state index contributed by atoms with van der Waals surface area (Å²) in [5, 5.41) is 0.676. The van der Waals surface area contributed by atoms with E-state index in [1.54, 1.807) is 23.1 Å². The number of nitrogens with zero attached hydrogens (tertiary/aromatic N) is 3. The Balaban J connectivity index is 1.68. The van der Waals surface area contributed by atoms with Gasteiger partial charge in [0.25, 0.3) is 0 Å². The zero-order valence-electron chi connectivity index (χ0n) is 16.3. The molecule has 0 unspecified atom stereocenters. The molecule has 0 N–H and O–H groups in total. The van der Waals surface area contributed by atoms with Crippen LogP contribution < -0.4 is 9.21 Å². The summed E-state index contributed by atoms with van der Waals surface area (Å²) in [6.07, 6.45) is 1.12. The van der Waals surface area contributed by atoms with Gasteiger partial charge in [0.2, 0.25) is 15.9 Å². The topological polar surface area (TPSA) is 60.9 Å². The monoisotopic (exact) mass is 499 g/mol. The summed E-state index contributed by atoms with van der Waals surface area (Å²) in [6.45, 7) is 4.07. The molecule has 1 heterocycles. The summed E-state index contributed by atoms with van der Waals surface area (Å²) in [7, 11) is -3.59. The number of carbonyl (C=O) groups excluding carboxylic acids is 1. The van der Waals surface area contributed by atoms with E-state index in [1.165, 1.54) is 0 Å². The molecule has 0 atom stereocenters. The fraction of sp³-hybridized carbons (Fsp3) is 0.350. The van der Waals surface area contributed by atoms with Crippen molar-refractivity contribution in [1.29, 1.82) is 0 Å². The number of aryl methyl sites for hydroxylation is 1. The average Bonchev–Trinajstić information content (AvgIpc) is 2.67. The minimum absolute atomic E-state index is 0.207. The molecule has 2 aromatic carbocycles. The van der Waals surface area contributed by atoms with Gasteiger partial charge in [-0.3, -0.25) is 9.10 Å². The zero-order chi connectivity index (χ0) is 21.2. The maximum absolute atomic E-state index is 12.8. The number of anilines is 2. The molecule has 1 saturated heterocycles. The van der Waals surface area contributed by atoms with Crippen LogP contribution in [0.2, 0.25) is 5.02 Å². The van der Waals surface area contributed by atoms with Gasteiger partial charge in [-0.15, -0.1) is 0 Å². The lowest BCUT2D eigenvalue weighted by Crippen LogP contribution is -2.52. The number of benzene rings is 2. The van der Waals surface area contributed by atoms with Crippen molar-refractivity contribution in [2.45, 2.75) is 6.92 Å². The number of amides is 1. The van der Waals surface area contributed by atoms with Crippen LogP contribution in [0.5, 0.6) is 0 Å². The minimum Gasteiger partial charge on any atom is -0.368 e. The summed E-state index contributed by atoms with van der Waals surface area (Å²) in [4.78, 5) is 16.7. The minimum atomic E-state index is -3.59. The maximum atomic E-state index is 12.8. The van der Waals surface area contributed by atoms with Crippen molar-refractivity contribution < 1.29 is 13.2 Å². The first-order valence-corrected chi connectivity index (χ1v) is 12.2. The highest BCUT2D eigenvalue weighted by atomic mass is 79.9. The van der Waals surface area contributed by atoms with E-state index in [4.69, 9.17) is 11.6 Å². The number of hydrogen-bond donors (Lipinski definition) is 0. The highest BCUT2D eigenvalue weighted by molar-refractivity contribution is 9.10. The van der Waals surface area contributed by atoms with Crippen LogP contribution in [-0.2, 0) is 14.8 Å². The van der Waals surface area contributed by atoms with Crippen LogP contribution in [0.15, 0.2) is 46.9 Å². The average molecular weight is 501 g/mol. The fourth-order valence-electron chi connectivity index (χ4n) is 3.29. The van der Waals surface area contributed by atoms with Gasteiger partial charge in [-0.25, -0.2) is 8.42 Å². The molecule has 0 radical (unpaired) electrons. The van der Waals surface area contributed by atoms with Crippen LogP contribution in [0.3, 0.4) is 0 Å². The first kappa shape index (κ1) is 21.9. The van der Waals surface area contributed by atoms with E-state index in [0.717, 1.165) is 26.3 Å². The number of rotatable bonds is 5. The first-order valence-electron chi connectivity index (χ1n) is 9.17. The Morgan fingerprint density at radius 3 is 2.41 bits per heavy atom. The lowest BCUT2D eigenvalue weighted by atomic mass is 10.2. The van der Waals surface area contributed by atoms with Gasteiger partial charge in [-0.1, -0.05) is 33.6 Å². The predicted octanol–water partition coefficient (Wildman–Crippen LogP) is 3.53. The van der Waals surface area contributed by atoms with Gasteiger partial charge in [0.15, 0.2) is 0 Å². The van der Waals surface area contributed by atoms with Gasteiger partial charge in [-0.05, 0) is 48.9 Å². The first-order chi connectivity index (χ1) is 13.6. The van der Waals surface area contributed by atoms with E-state index in [9.17, 15) is 13.2 Å². The maximum Gasteiger partial charge on any atom is 0.243 e. The Morgan fingerprint density at radius 2 is 1.83 bits per heavy atom. The molecule has 1 aliphatic rings. The quantitative estimate of drug-likeness (QED) is 0.630. The second kappa shape index (κ2) is 8.93. The summed E-state index contributed by atoms with van der Waals surface area (Å²) >= 11 is 9.48. The van der Waals surface area contributed by atoms with Crippen molar-refractivity contribution in [3.05, 3.63) is 57.5 Å². The SMILES string of the molecule is Cc1cc(N(CC(=O)N2CCN(c3cccc(Cl)c3)CC2)S(C)(=O)=O)ccc1Br. The molecule has 1 amide bonds. The van der Waals surface area contributed by atoms with Crippen molar-refractivity contribution in [3.63, 3.8) is 0 Å². The standard InChI is InChI=1S/C20H23BrClN3O3S/c1-15-12-18(6-7-19(15)21)25(29(2,27)28)14-20(26)24-10-8-23(9-11-24)17-5-3-4-16(22)13-17/h3-7,12-13H,8-11,14H2,1-2H3. The Labute approximate surface area is 185 Å². The van der Waals surface area contributed by atoms with Crippen LogP contribution >= 0.6 is 27.5 Å². The number of piperazine rings is 1. The van der Waals surface area contributed by atoms with E-state index < -0.39 is 10.0 Å². The second-order valence-electron chi connectivity index (χ2n) is 7.05. The molecule has 1 fully saturated rings. The molecular formula is C20H23BrClN3O3S. The van der Waals surface area contributed by atoms with Crippen molar-refractivity contribution in [1.82, 2.24) is 4.90 Å². The summed E-state index contributed by atoms with van der Waals surface area (Å²) in [5.74, 6) is -0.207. The van der Waals surface area contributed by atoms with E-state index in [1.807, 2.05) is 31.2 Å². The van der Waals surface area contributed by atoms with Gasteiger partial charge < -0.3 is 9.80 Å². The van der Waals surface area contributed by atoms with Gasteiger partial charge in [0.05, 0.1) is 11.9 Å². The number of carbonyl (C=O) groups is 1. The molecule has 1 aliphatic heterocycles. The van der Waals surface area contributed by atoms with Gasteiger partial charge in [0, 0.05) is 41.4 Å². The van der Waals surface area contributed by atoms with Crippen LogP contribution in [-0.4, -0.2) is 58.2 Å². The van der Waals surface area contributed by atoms with E-state index >= 15 is 0 Å². The number of hydrogen-bond acceptors (Lipinski definition) is 4. The summed E-state index contributed by atoms with van der Waals surface area (Å²) < 4.78 is 26.7. The van der Waals surface area contributed by atoms with Crippen LogP contribution in [0.25, 0.3) is 0 Å².